The molecule has 0 saturated heterocycles. The Kier molecular flexibility index (Phi) is 12.4. The fourth-order valence-electron chi connectivity index (χ4n) is 5.49. The Morgan fingerprint density at radius 1 is 1.02 bits per heavy atom. The van der Waals surface area contributed by atoms with Crippen LogP contribution in [-0.2, 0) is 18.7 Å². The molecule has 42 heavy (non-hydrogen) atoms. The first-order valence-electron chi connectivity index (χ1n) is 14.7. The van der Waals surface area contributed by atoms with Crippen molar-refractivity contribution in [3.63, 3.8) is 0 Å². The molecule has 1 heterocycles. The number of hydrogen-bond donors (Lipinski definition) is 1. The van der Waals surface area contributed by atoms with E-state index >= 15 is 0 Å². The van der Waals surface area contributed by atoms with Gasteiger partial charge in [0.05, 0.1) is 18.1 Å². The summed E-state index contributed by atoms with van der Waals surface area (Å²) in [6, 6.07) is 20.9. The average molecular weight is 609 g/mol. The molecule has 0 amide bonds. The number of benzene rings is 2. The first kappa shape index (κ1) is 34.1. The molecule has 4 atom stereocenters. The third-order valence-electron chi connectivity index (χ3n) is 8.11. The molecule has 228 valence electrons. The van der Waals surface area contributed by atoms with Gasteiger partial charge in [-0.05, 0) is 66.9 Å². The molecule has 1 unspecified atom stereocenters. The molecule has 2 aromatic carbocycles. The molecule has 3 rings (SSSR count). The molecule has 5 nitrogen and oxygen atoms in total. The van der Waals surface area contributed by atoms with Gasteiger partial charge in [-0.15, -0.1) is 11.8 Å². The lowest BCUT2D eigenvalue weighted by molar-refractivity contribution is -0.142. The van der Waals surface area contributed by atoms with Crippen LogP contribution >= 0.6 is 11.8 Å². The summed E-state index contributed by atoms with van der Waals surface area (Å²) >= 11 is 1.55. The first-order chi connectivity index (χ1) is 20.0. The third-order valence-corrected chi connectivity index (χ3v) is 13.5. The van der Waals surface area contributed by atoms with Crippen LogP contribution in [-0.4, -0.2) is 56.0 Å². The second-order valence-corrected chi connectivity index (χ2v) is 17.1. The van der Waals surface area contributed by atoms with Crippen LogP contribution in [0.15, 0.2) is 95.6 Å². The lowest BCUT2D eigenvalue weighted by Gasteiger charge is -2.47. The number of allylic oxidation sites excluding steroid dienone is 1. The van der Waals surface area contributed by atoms with Gasteiger partial charge in [-0.1, -0.05) is 99.7 Å². The number of ether oxygens (including phenoxy) is 2. The highest BCUT2D eigenvalue weighted by atomic mass is 32.2. The van der Waals surface area contributed by atoms with Crippen molar-refractivity contribution in [2.45, 2.75) is 90.8 Å². The van der Waals surface area contributed by atoms with Gasteiger partial charge >= 0.3 is 5.97 Å². The van der Waals surface area contributed by atoms with Crippen LogP contribution in [0.4, 0.5) is 0 Å². The topological polar surface area (TPSA) is 65.0 Å². The Balaban J connectivity index is 2.25. The van der Waals surface area contributed by atoms with Gasteiger partial charge in [0.15, 0.2) is 0 Å². The maximum absolute atomic E-state index is 13.0. The zero-order valence-electron chi connectivity index (χ0n) is 26.4. The zero-order chi connectivity index (χ0) is 30.9. The molecule has 2 aromatic rings. The Bertz CT molecular complexity index is 1210. The van der Waals surface area contributed by atoms with Gasteiger partial charge in [-0.25, -0.2) is 4.79 Å². The van der Waals surface area contributed by atoms with E-state index in [1.54, 1.807) is 18.7 Å². The van der Waals surface area contributed by atoms with Crippen molar-refractivity contribution < 1.29 is 23.8 Å². The Morgan fingerprint density at radius 3 is 2.10 bits per heavy atom. The van der Waals surface area contributed by atoms with E-state index in [9.17, 15) is 9.90 Å². The second kappa shape index (κ2) is 15.3. The van der Waals surface area contributed by atoms with E-state index in [0.29, 0.717) is 24.4 Å². The molecular weight excluding hydrogens is 561 g/mol. The summed E-state index contributed by atoms with van der Waals surface area (Å²) in [5.41, 5.74) is 2.36. The second-order valence-electron chi connectivity index (χ2n) is 12.0. The van der Waals surface area contributed by atoms with Crippen LogP contribution in [0.2, 0.25) is 5.04 Å². The van der Waals surface area contributed by atoms with E-state index in [1.807, 2.05) is 51.3 Å². The van der Waals surface area contributed by atoms with Crippen LogP contribution < -0.4 is 10.4 Å². The van der Waals surface area contributed by atoms with Crippen molar-refractivity contribution >= 4 is 36.4 Å². The number of cyclic esters (lactones) is 1. The highest BCUT2D eigenvalue weighted by Gasteiger charge is 2.53. The molecule has 0 aromatic heterocycles. The summed E-state index contributed by atoms with van der Waals surface area (Å²) in [7, 11) is -3.02. The molecule has 1 aliphatic rings. The van der Waals surface area contributed by atoms with Crippen LogP contribution in [0.5, 0.6) is 0 Å². The number of rotatable bonds is 8. The molecule has 0 aliphatic carbocycles. The minimum absolute atomic E-state index is 0.273. The number of thioether (sulfide) groups is 1. The summed E-state index contributed by atoms with van der Waals surface area (Å²) in [6.07, 6.45) is 6.02. The lowest BCUT2D eigenvalue weighted by atomic mass is 9.96. The molecule has 1 aliphatic heterocycles. The van der Waals surface area contributed by atoms with E-state index in [-0.39, 0.29) is 11.0 Å². The molecule has 0 spiro atoms. The fourth-order valence-corrected chi connectivity index (χ4v) is 10.5. The van der Waals surface area contributed by atoms with Crippen molar-refractivity contribution in [3.8, 4) is 0 Å². The standard InChI is InChI=1S/C35H48O5SSi/c1-9-25(2)30-22-20-26(3)33(32(36)31(38-24-41-8)23-21-27(4)34(37)39-30)40-42(35(5,6)7,28-16-12-10-13-17-28)29-18-14-11-15-19-29/h9-21,30-33,36H,22-24H2,1-8H3/t30-,31?,32-,33-/m1/s1. The monoisotopic (exact) mass is 608 g/mol. The largest absolute Gasteiger partial charge is 0.454 e. The van der Waals surface area contributed by atoms with Crippen LogP contribution in [0.3, 0.4) is 0 Å². The quantitative estimate of drug-likeness (QED) is 0.158. The van der Waals surface area contributed by atoms with Crippen molar-refractivity contribution in [3.05, 3.63) is 95.6 Å². The Labute approximate surface area is 258 Å². The van der Waals surface area contributed by atoms with Crippen molar-refractivity contribution in [1.29, 1.82) is 0 Å². The number of aliphatic hydroxyl groups excluding tert-OH is 1. The van der Waals surface area contributed by atoms with Gasteiger partial charge in [0.2, 0.25) is 0 Å². The van der Waals surface area contributed by atoms with Crippen LogP contribution in [0.25, 0.3) is 0 Å². The van der Waals surface area contributed by atoms with Gasteiger partial charge in [-0.3, -0.25) is 0 Å². The van der Waals surface area contributed by atoms with Gasteiger partial charge < -0.3 is 19.0 Å². The van der Waals surface area contributed by atoms with Gasteiger partial charge in [0, 0.05) is 12.0 Å². The maximum Gasteiger partial charge on any atom is 0.333 e. The first-order valence-corrected chi connectivity index (χ1v) is 18.0. The number of aliphatic hydroxyl groups is 1. The van der Waals surface area contributed by atoms with Gasteiger partial charge in [0.1, 0.15) is 12.2 Å². The lowest BCUT2D eigenvalue weighted by Crippen LogP contribution is -2.69. The number of hydrogen-bond acceptors (Lipinski definition) is 6. The van der Waals surface area contributed by atoms with Crippen LogP contribution in [0.1, 0.15) is 61.3 Å². The third kappa shape index (κ3) is 7.94. The number of carbonyl (C=O) groups excluding carboxylic acids is 1. The molecule has 0 bridgehead atoms. The van der Waals surface area contributed by atoms with Crippen molar-refractivity contribution in [2.24, 2.45) is 0 Å². The normalized spacial score (nSPS) is 23.3. The summed E-state index contributed by atoms with van der Waals surface area (Å²) in [5.74, 6) is 0.0575. The molecular formula is C35H48O5SSi. The fraction of sp³-hybridized carbons (Fsp3) is 0.457. The number of esters is 1. The summed E-state index contributed by atoms with van der Waals surface area (Å²) in [5, 5.41) is 14.2. The molecule has 7 heteroatoms. The van der Waals surface area contributed by atoms with Crippen molar-refractivity contribution in [1.82, 2.24) is 0 Å². The molecule has 0 fully saturated rings. The van der Waals surface area contributed by atoms with E-state index in [0.717, 1.165) is 21.5 Å². The van der Waals surface area contributed by atoms with E-state index in [1.165, 1.54) is 0 Å². The average Bonchev–Trinajstić information content (AvgIpc) is 2.98. The Hall–Kier alpha value is -2.42. The van der Waals surface area contributed by atoms with Gasteiger partial charge in [-0.2, -0.15) is 0 Å². The number of carbonyl (C=O) groups is 1. The van der Waals surface area contributed by atoms with E-state index in [4.69, 9.17) is 13.9 Å². The van der Waals surface area contributed by atoms with Crippen molar-refractivity contribution in [2.75, 3.05) is 12.2 Å². The predicted octanol–water partition coefficient (Wildman–Crippen LogP) is 6.56. The molecule has 1 N–H and O–H groups in total. The predicted molar refractivity (Wildman–Crippen MR) is 178 cm³/mol. The minimum atomic E-state index is -3.02. The zero-order valence-corrected chi connectivity index (χ0v) is 28.2. The smallest absolute Gasteiger partial charge is 0.333 e. The minimum Gasteiger partial charge on any atom is -0.454 e. The SMILES string of the molecule is CC=C(C)[C@H]1CC=C(C)[C@@H](O[Si](c2ccccc2)(c2ccccc2)C(C)(C)C)[C@H](O)C(OCSC)CC=C(C)C(=O)O1. The van der Waals surface area contributed by atoms with E-state index in [2.05, 4.69) is 75.4 Å². The molecule has 0 saturated carbocycles. The molecule has 0 radical (unpaired) electrons. The van der Waals surface area contributed by atoms with Crippen LogP contribution in [0, 0.1) is 0 Å². The summed E-state index contributed by atoms with van der Waals surface area (Å²) < 4.78 is 19.7. The van der Waals surface area contributed by atoms with E-state index < -0.39 is 32.7 Å². The summed E-state index contributed by atoms with van der Waals surface area (Å²) in [4.78, 5) is 13.0. The maximum atomic E-state index is 13.0. The summed E-state index contributed by atoms with van der Waals surface area (Å²) in [6.45, 7) is 14.4. The Morgan fingerprint density at radius 2 is 1.60 bits per heavy atom. The highest BCUT2D eigenvalue weighted by molar-refractivity contribution is 7.98. The van der Waals surface area contributed by atoms with Gasteiger partial charge in [0.25, 0.3) is 8.32 Å². The highest BCUT2D eigenvalue weighted by Crippen LogP contribution is 2.39.